The van der Waals surface area contributed by atoms with E-state index in [0.717, 1.165) is 5.69 Å². The number of amides is 1. The smallest absolute Gasteiger partial charge is 0.251 e. The summed E-state index contributed by atoms with van der Waals surface area (Å²) in [5.74, 6) is 1.40. The number of rotatable bonds is 5. The van der Waals surface area contributed by atoms with Crippen molar-refractivity contribution in [3.05, 3.63) is 36.2 Å². The van der Waals surface area contributed by atoms with E-state index in [1.165, 1.54) is 32.0 Å². The summed E-state index contributed by atoms with van der Waals surface area (Å²) in [4.78, 5) is 12.5. The second-order valence-corrected chi connectivity index (χ2v) is 5.98. The molecular formula is C15H17N5O. The van der Waals surface area contributed by atoms with Gasteiger partial charge in [0.1, 0.15) is 6.33 Å². The number of aromatic nitrogens is 4. The van der Waals surface area contributed by atoms with Crippen LogP contribution in [0, 0.1) is 11.8 Å². The molecule has 0 atom stereocenters. The summed E-state index contributed by atoms with van der Waals surface area (Å²) in [6, 6.07) is 7.76. The fourth-order valence-electron chi connectivity index (χ4n) is 2.84. The average molecular weight is 283 g/mol. The Morgan fingerprint density at radius 1 is 1.24 bits per heavy atom. The number of nitrogens with zero attached hydrogens (tertiary/aromatic N) is 4. The van der Waals surface area contributed by atoms with Gasteiger partial charge in [0.05, 0.1) is 5.69 Å². The van der Waals surface area contributed by atoms with E-state index in [1.807, 2.05) is 24.3 Å². The minimum absolute atomic E-state index is 0.00808. The van der Waals surface area contributed by atoms with E-state index in [0.29, 0.717) is 23.4 Å². The molecule has 2 fully saturated rings. The molecule has 4 rings (SSSR count). The minimum Gasteiger partial charge on any atom is -0.349 e. The first-order valence-corrected chi connectivity index (χ1v) is 7.45. The van der Waals surface area contributed by atoms with Crippen LogP contribution in [0.25, 0.3) is 5.69 Å². The maximum atomic E-state index is 12.5. The second kappa shape index (κ2) is 4.95. The van der Waals surface area contributed by atoms with Crippen LogP contribution in [0.2, 0.25) is 0 Å². The molecule has 1 amide bonds. The molecule has 6 nitrogen and oxygen atoms in total. The first-order chi connectivity index (χ1) is 10.3. The zero-order valence-electron chi connectivity index (χ0n) is 11.6. The van der Waals surface area contributed by atoms with E-state index in [2.05, 4.69) is 20.8 Å². The number of hydrogen-bond donors (Lipinski definition) is 1. The number of benzene rings is 1. The van der Waals surface area contributed by atoms with Crippen molar-refractivity contribution >= 4 is 5.91 Å². The summed E-state index contributed by atoms with van der Waals surface area (Å²) in [6.07, 6.45) is 6.55. The number of hydrogen-bond acceptors (Lipinski definition) is 4. The third-order valence-electron chi connectivity index (χ3n) is 4.28. The SMILES string of the molecule is O=C(NC(C1CC1)C1CC1)c1cccc(-n2cnnn2)c1. The van der Waals surface area contributed by atoms with Crippen LogP contribution in [0.5, 0.6) is 0 Å². The van der Waals surface area contributed by atoms with Crippen molar-refractivity contribution in [2.24, 2.45) is 11.8 Å². The van der Waals surface area contributed by atoms with Crippen molar-refractivity contribution in [3.63, 3.8) is 0 Å². The van der Waals surface area contributed by atoms with Gasteiger partial charge in [-0.25, -0.2) is 4.68 Å². The molecule has 1 N–H and O–H groups in total. The van der Waals surface area contributed by atoms with Crippen LogP contribution in [0.1, 0.15) is 36.0 Å². The molecule has 1 heterocycles. The van der Waals surface area contributed by atoms with Gasteiger partial charge in [-0.15, -0.1) is 5.10 Å². The van der Waals surface area contributed by atoms with Gasteiger partial charge in [-0.05, 0) is 66.1 Å². The summed E-state index contributed by atoms with van der Waals surface area (Å²) >= 11 is 0. The van der Waals surface area contributed by atoms with Gasteiger partial charge in [0, 0.05) is 11.6 Å². The molecule has 2 aliphatic carbocycles. The second-order valence-electron chi connectivity index (χ2n) is 5.98. The Bertz CT molecular complexity index is 634. The Morgan fingerprint density at radius 3 is 2.62 bits per heavy atom. The zero-order valence-corrected chi connectivity index (χ0v) is 11.6. The van der Waals surface area contributed by atoms with Crippen LogP contribution < -0.4 is 5.32 Å². The normalized spacial score (nSPS) is 18.0. The van der Waals surface area contributed by atoms with Crippen molar-refractivity contribution in [2.75, 3.05) is 0 Å². The molecule has 0 spiro atoms. The summed E-state index contributed by atoms with van der Waals surface area (Å²) in [5.41, 5.74) is 1.45. The summed E-state index contributed by atoms with van der Waals surface area (Å²) in [5, 5.41) is 14.3. The molecule has 0 saturated heterocycles. The lowest BCUT2D eigenvalue weighted by Gasteiger charge is -2.17. The molecule has 2 aromatic rings. The molecule has 2 saturated carbocycles. The van der Waals surface area contributed by atoms with Gasteiger partial charge in [-0.3, -0.25) is 4.79 Å². The van der Waals surface area contributed by atoms with Crippen LogP contribution >= 0.6 is 0 Å². The maximum absolute atomic E-state index is 12.5. The van der Waals surface area contributed by atoms with Crippen LogP contribution in [0.4, 0.5) is 0 Å². The monoisotopic (exact) mass is 283 g/mol. The first-order valence-electron chi connectivity index (χ1n) is 7.45. The molecule has 1 aromatic heterocycles. The topological polar surface area (TPSA) is 72.7 Å². The predicted molar refractivity (Wildman–Crippen MR) is 75.9 cm³/mol. The molecule has 2 aliphatic rings. The van der Waals surface area contributed by atoms with Gasteiger partial charge in [-0.2, -0.15) is 0 Å². The number of nitrogens with one attached hydrogen (secondary N) is 1. The summed E-state index contributed by atoms with van der Waals surface area (Å²) < 4.78 is 1.55. The van der Waals surface area contributed by atoms with E-state index in [9.17, 15) is 4.79 Å². The summed E-state index contributed by atoms with van der Waals surface area (Å²) in [7, 11) is 0. The van der Waals surface area contributed by atoms with E-state index >= 15 is 0 Å². The zero-order chi connectivity index (χ0) is 14.2. The molecular weight excluding hydrogens is 266 g/mol. The van der Waals surface area contributed by atoms with Gasteiger partial charge >= 0.3 is 0 Å². The van der Waals surface area contributed by atoms with Crippen LogP contribution in [0.15, 0.2) is 30.6 Å². The highest BCUT2D eigenvalue weighted by atomic mass is 16.1. The maximum Gasteiger partial charge on any atom is 0.251 e. The Labute approximate surface area is 122 Å². The van der Waals surface area contributed by atoms with Gasteiger partial charge in [0.15, 0.2) is 0 Å². The lowest BCUT2D eigenvalue weighted by atomic mass is 10.1. The molecule has 0 radical (unpaired) electrons. The van der Waals surface area contributed by atoms with Crippen LogP contribution in [-0.4, -0.2) is 32.2 Å². The van der Waals surface area contributed by atoms with Gasteiger partial charge in [0.25, 0.3) is 5.91 Å². The molecule has 0 bridgehead atoms. The lowest BCUT2D eigenvalue weighted by molar-refractivity contribution is 0.0926. The average Bonchev–Trinajstić information content (AvgIpc) is 3.44. The molecule has 6 heteroatoms. The Kier molecular flexibility index (Phi) is 2.94. The number of carbonyl (C=O) groups excluding carboxylic acids is 1. The molecule has 0 aliphatic heterocycles. The van der Waals surface area contributed by atoms with Crippen molar-refractivity contribution in [2.45, 2.75) is 31.7 Å². The van der Waals surface area contributed by atoms with Crippen LogP contribution in [0.3, 0.4) is 0 Å². The van der Waals surface area contributed by atoms with Crippen molar-refractivity contribution in [1.29, 1.82) is 0 Å². The first kappa shape index (κ1) is 12.5. The molecule has 108 valence electrons. The Hall–Kier alpha value is -2.24. The molecule has 0 unspecified atom stereocenters. The van der Waals surface area contributed by atoms with Crippen molar-refractivity contribution in [1.82, 2.24) is 25.5 Å². The lowest BCUT2D eigenvalue weighted by Crippen LogP contribution is -2.38. The highest BCUT2D eigenvalue weighted by Crippen LogP contribution is 2.44. The van der Waals surface area contributed by atoms with E-state index in [-0.39, 0.29) is 5.91 Å². The minimum atomic E-state index is 0.00808. The standard InChI is InChI=1S/C15H17N5O/c21-15(17-14(10-4-5-10)11-6-7-11)12-2-1-3-13(8-12)20-9-16-18-19-20/h1-3,8-11,14H,4-7H2,(H,17,21). The van der Waals surface area contributed by atoms with E-state index < -0.39 is 0 Å². The van der Waals surface area contributed by atoms with Gasteiger partial charge in [0.2, 0.25) is 0 Å². The number of carbonyl (C=O) groups is 1. The molecule has 1 aromatic carbocycles. The largest absolute Gasteiger partial charge is 0.349 e. The quantitative estimate of drug-likeness (QED) is 0.904. The third-order valence-corrected chi connectivity index (χ3v) is 4.28. The fraction of sp³-hybridized carbons (Fsp3) is 0.467. The molecule has 21 heavy (non-hydrogen) atoms. The predicted octanol–water partition coefficient (Wildman–Crippen LogP) is 1.58. The van der Waals surface area contributed by atoms with Crippen molar-refractivity contribution in [3.8, 4) is 5.69 Å². The fourth-order valence-corrected chi connectivity index (χ4v) is 2.84. The highest BCUT2D eigenvalue weighted by molar-refractivity contribution is 5.95. The highest BCUT2D eigenvalue weighted by Gasteiger charge is 2.42. The Morgan fingerprint density at radius 2 is 2.00 bits per heavy atom. The van der Waals surface area contributed by atoms with Gasteiger partial charge in [-0.1, -0.05) is 6.07 Å². The van der Waals surface area contributed by atoms with E-state index in [4.69, 9.17) is 0 Å². The third kappa shape index (κ3) is 2.66. The van der Waals surface area contributed by atoms with Crippen molar-refractivity contribution < 1.29 is 4.79 Å². The van der Waals surface area contributed by atoms with Gasteiger partial charge < -0.3 is 5.32 Å². The van der Waals surface area contributed by atoms with E-state index in [1.54, 1.807) is 4.68 Å². The summed E-state index contributed by atoms with van der Waals surface area (Å²) in [6.45, 7) is 0. The van der Waals surface area contributed by atoms with Crippen LogP contribution in [-0.2, 0) is 0 Å². The number of tetrazole rings is 1. The Balaban J connectivity index is 1.52.